The van der Waals surface area contributed by atoms with Gasteiger partial charge in [-0.2, -0.15) is 0 Å². The minimum absolute atomic E-state index is 0.110. The number of hydrogen-bond donors (Lipinski definition) is 0. The Labute approximate surface area is 302 Å². The molecule has 0 N–H and O–H groups in total. The monoisotopic (exact) mass is 672 g/mol. The fraction of sp³-hybridized carbons (Fsp3) is 0.125. The molecule has 0 saturated heterocycles. The number of rotatable bonds is 5. The third-order valence-corrected chi connectivity index (χ3v) is 11.4. The van der Waals surface area contributed by atoms with E-state index in [1.54, 1.807) is 0 Å². The molecule has 0 amide bonds. The van der Waals surface area contributed by atoms with Crippen molar-refractivity contribution in [3.05, 3.63) is 186 Å². The molecule has 7 aromatic rings. The Hall–Kier alpha value is -6.26. The van der Waals surface area contributed by atoms with Crippen molar-refractivity contribution in [1.29, 1.82) is 0 Å². The summed E-state index contributed by atoms with van der Waals surface area (Å²) in [4.78, 5) is 5.10. The van der Waals surface area contributed by atoms with Crippen LogP contribution in [0.1, 0.15) is 41.2 Å². The maximum absolute atomic E-state index is 6.48. The van der Waals surface area contributed by atoms with Crippen molar-refractivity contribution in [2.24, 2.45) is 0 Å². The number of benzene rings is 5. The van der Waals surface area contributed by atoms with E-state index in [2.05, 4.69) is 162 Å². The highest BCUT2D eigenvalue weighted by atomic mass is 16.3. The van der Waals surface area contributed by atoms with Crippen LogP contribution in [0.15, 0.2) is 172 Å². The first-order valence-electron chi connectivity index (χ1n) is 18.4. The first-order valence-corrected chi connectivity index (χ1v) is 18.4. The van der Waals surface area contributed by atoms with E-state index in [0.717, 1.165) is 52.5 Å². The Morgan fingerprint density at radius 2 is 1.54 bits per heavy atom. The molecule has 3 aliphatic carbocycles. The van der Waals surface area contributed by atoms with E-state index in [1.165, 1.54) is 50.4 Å². The van der Waals surface area contributed by atoms with Gasteiger partial charge in [0.2, 0.25) is 0 Å². The molecule has 3 heterocycles. The normalized spacial score (nSPS) is 20.2. The molecule has 2 aromatic heterocycles. The predicted molar refractivity (Wildman–Crippen MR) is 214 cm³/mol. The van der Waals surface area contributed by atoms with E-state index >= 15 is 0 Å². The zero-order valence-corrected chi connectivity index (χ0v) is 28.7. The lowest BCUT2D eigenvalue weighted by molar-refractivity contribution is 0.595. The number of fused-ring (bicyclic) bond motifs is 9. The second-order valence-corrected chi connectivity index (χ2v) is 14.3. The van der Waals surface area contributed by atoms with Crippen LogP contribution in [0.2, 0.25) is 0 Å². The molecule has 4 nitrogen and oxygen atoms in total. The first-order chi connectivity index (χ1) is 25.8. The van der Waals surface area contributed by atoms with E-state index < -0.39 is 0 Å². The molecule has 0 spiro atoms. The summed E-state index contributed by atoms with van der Waals surface area (Å²) in [6.07, 6.45) is 21.7. The summed E-state index contributed by atoms with van der Waals surface area (Å²) in [5.74, 6) is 1.26. The maximum Gasteiger partial charge on any atom is 0.137 e. The van der Waals surface area contributed by atoms with Gasteiger partial charge in [-0.1, -0.05) is 97.1 Å². The number of hydrogen-bond acceptors (Lipinski definition) is 4. The van der Waals surface area contributed by atoms with Gasteiger partial charge in [0, 0.05) is 44.7 Å². The molecule has 4 aliphatic rings. The van der Waals surface area contributed by atoms with Crippen LogP contribution in [0.4, 0.5) is 17.1 Å². The molecule has 4 heteroatoms. The highest BCUT2D eigenvalue weighted by Crippen LogP contribution is 2.49. The van der Waals surface area contributed by atoms with Crippen LogP contribution < -0.4 is 9.80 Å². The first kappa shape index (κ1) is 29.5. The van der Waals surface area contributed by atoms with Gasteiger partial charge < -0.3 is 18.6 Å². The number of nitrogens with zero attached hydrogens (tertiary/aromatic N) is 2. The van der Waals surface area contributed by atoms with Crippen LogP contribution in [0.5, 0.6) is 0 Å². The van der Waals surface area contributed by atoms with Gasteiger partial charge in [0.15, 0.2) is 0 Å². The fourth-order valence-corrected chi connectivity index (χ4v) is 9.03. The van der Waals surface area contributed by atoms with Gasteiger partial charge in [-0.25, -0.2) is 0 Å². The Morgan fingerprint density at radius 3 is 2.46 bits per heavy atom. The Balaban J connectivity index is 1.03. The lowest BCUT2D eigenvalue weighted by Crippen LogP contribution is -2.37. The summed E-state index contributed by atoms with van der Waals surface area (Å²) in [5, 5.41) is 3.54. The largest absolute Gasteiger partial charge is 0.456 e. The van der Waals surface area contributed by atoms with E-state index in [1.807, 2.05) is 12.1 Å². The third-order valence-electron chi connectivity index (χ3n) is 11.4. The second-order valence-electron chi connectivity index (χ2n) is 14.3. The molecule has 0 bridgehead atoms. The molecule has 0 fully saturated rings. The van der Waals surface area contributed by atoms with Gasteiger partial charge in [0.05, 0.1) is 17.8 Å². The molecule has 11 rings (SSSR count). The third kappa shape index (κ3) is 4.53. The lowest BCUT2D eigenvalue weighted by Gasteiger charge is -2.38. The van der Waals surface area contributed by atoms with E-state index in [-0.39, 0.29) is 18.0 Å². The van der Waals surface area contributed by atoms with Crippen molar-refractivity contribution in [2.45, 2.75) is 37.3 Å². The molecule has 0 radical (unpaired) electrons. The molecule has 0 saturated carbocycles. The van der Waals surface area contributed by atoms with Gasteiger partial charge in [0.1, 0.15) is 22.5 Å². The SMILES string of the molecule is C1=Cc2oc3cccc(N(C4=CC5C(C=C4)c4ccccc4N5c4ccccc4)C4C=CC(c5ccc6oc7ccccc7c6c5)=CC4)c3c2CC1. The van der Waals surface area contributed by atoms with Gasteiger partial charge >= 0.3 is 0 Å². The summed E-state index contributed by atoms with van der Waals surface area (Å²) in [7, 11) is 0. The van der Waals surface area contributed by atoms with Crippen molar-refractivity contribution in [3.63, 3.8) is 0 Å². The minimum Gasteiger partial charge on any atom is -0.456 e. The number of aryl methyl sites for hydroxylation is 1. The summed E-state index contributed by atoms with van der Waals surface area (Å²) < 4.78 is 12.6. The summed E-state index contributed by atoms with van der Waals surface area (Å²) in [6.45, 7) is 0. The summed E-state index contributed by atoms with van der Waals surface area (Å²) >= 11 is 0. The predicted octanol–water partition coefficient (Wildman–Crippen LogP) is 12.3. The summed E-state index contributed by atoms with van der Waals surface area (Å²) in [6, 6.07) is 41.4. The Bertz CT molecular complexity index is 2700. The van der Waals surface area contributed by atoms with E-state index in [0.29, 0.717) is 0 Å². The number of allylic oxidation sites excluding steroid dienone is 4. The molecule has 250 valence electrons. The zero-order chi connectivity index (χ0) is 34.2. The fourth-order valence-electron chi connectivity index (χ4n) is 9.03. The van der Waals surface area contributed by atoms with Gasteiger partial charge in [-0.3, -0.25) is 0 Å². The minimum atomic E-state index is 0.110. The highest BCUT2D eigenvalue weighted by Gasteiger charge is 2.39. The van der Waals surface area contributed by atoms with Crippen molar-refractivity contribution in [3.8, 4) is 0 Å². The van der Waals surface area contributed by atoms with Crippen molar-refractivity contribution in [2.75, 3.05) is 9.80 Å². The van der Waals surface area contributed by atoms with Crippen LogP contribution >= 0.6 is 0 Å². The molecule has 3 unspecified atom stereocenters. The molecular formula is C48H36N2O2. The number of furan rings is 2. The zero-order valence-electron chi connectivity index (χ0n) is 28.7. The average molecular weight is 673 g/mol. The van der Waals surface area contributed by atoms with E-state index in [9.17, 15) is 0 Å². The molecular weight excluding hydrogens is 637 g/mol. The van der Waals surface area contributed by atoms with Crippen LogP contribution in [0.25, 0.3) is 44.6 Å². The van der Waals surface area contributed by atoms with Crippen molar-refractivity contribution < 1.29 is 8.83 Å². The maximum atomic E-state index is 6.48. The van der Waals surface area contributed by atoms with Gasteiger partial charge in [-0.15, -0.1) is 0 Å². The Kier molecular flexibility index (Phi) is 6.60. The average Bonchev–Trinajstić information content (AvgIpc) is 3.88. The summed E-state index contributed by atoms with van der Waals surface area (Å²) in [5.41, 5.74) is 12.8. The Morgan fingerprint density at radius 1 is 0.692 bits per heavy atom. The smallest absolute Gasteiger partial charge is 0.137 e. The molecule has 3 atom stereocenters. The number of para-hydroxylation sites is 3. The van der Waals surface area contributed by atoms with Crippen molar-refractivity contribution >= 4 is 61.6 Å². The molecule has 1 aliphatic heterocycles. The highest BCUT2D eigenvalue weighted by molar-refractivity contribution is 6.06. The van der Waals surface area contributed by atoms with Crippen LogP contribution in [-0.4, -0.2) is 12.1 Å². The van der Waals surface area contributed by atoms with Crippen LogP contribution in [0.3, 0.4) is 0 Å². The van der Waals surface area contributed by atoms with Gasteiger partial charge in [-0.05, 0) is 103 Å². The lowest BCUT2D eigenvalue weighted by atomic mass is 9.88. The second kappa shape index (κ2) is 11.6. The topological polar surface area (TPSA) is 32.8 Å². The quantitative estimate of drug-likeness (QED) is 0.182. The van der Waals surface area contributed by atoms with Crippen LogP contribution in [0, 0.1) is 0 Å². The molecule has 5 aromatic carbocycles. The van der Waals surface area contributed by atoms with E-state index in [4.69, 9.17) is 8.83 Å². The van der Waals surface area contributed by atoms with Gasteiger partial charge in [0.25, 0.3) is 0 Å². The van der Waals surface area contributed by atoms with Crippen molar-refractivity contribution in [1.82, 2.24) is 0 Å². The van der Waals surface area contributed by atoms with Crippen LogP contribution in [-0.2, 0) is 6.42 Å². The number of anilines is 3. The molecule has 52 heavy (non-hydrogen) atoms. The standard InChI is InChI=1S/C48H36N2O2/c1-2-11-33(12-3-1)50-41-16-7-4-13-36(41)37-27-26-35(30-43(37)50)49(42-17-10-20-47-48(42)39-15-6-9-19-45(39)52-47)34-24-21-31(22-25-34)32-23-28-46-40(29-32)38-14-5-8-18-44(38)51-46/h1-5,7-14,16-24,26-30,34,37,43H,6,15,25H2.